The molecule has 57 heavy (non-hydrogen) atoms. The molecule has 0 radical (unpaired) electrons. The topological polar surface area (TPSA) is 209 Å². The number of Topliss-reactive ketones (excluding diaryl/α,β-unsaturated/α-hetero) is 1. The monoisotopic (exact) mass is 822 g/mol. The van der Waals surface area contributed by atoms with Crippen molar-refractivity contribution in [2.75, 3.05) is 26.2 Å². The highest BCUT2D eigenvalue weighted by Gasteiger charge is 2.45. The molecule has 3 heterocycles. The van der Waals surface area contributed by atoms with E-state index < -0.39 is 54.0 Å². The molecule has 15 nitrogen and oxygen atoms in total. The predicted molar refractivity (Wildman–Crippen MR) is 216 cm³/mol. The quantitative estimate of drug-likeness (QED) is 0.0626. The van der Waals surface area contributed by atoms with Gasteiger partial charge in [0.25, 0.3) is 0 Å². The van der Waals surface area contributed by atoms with E-state index in [1.807, 2.05) is 18.2 Å². The number of guanidine groups is 1. The number of nitrogens with two attached hydrogens (primary N) is 1. The van der Waals surface area contributed by atoms with Gasteiger partial charge in [-0.2, -0.15) is 0 Å². The second-order valence-electron chi connectivity index (χ2n) is 14.9. The molecule has 3 aromatic rings. The number of benzene rings is 2. The van der Waals surface area contributed by atoms with E-state index in [2.05, 4.69) is 20.9 Å². The molecule has 4 amide bonds. The van der Waals surface area contributed by atoms with Gasteiger partial charge in [0.2, 0.25) is 17.6 Å². The Morgan fingerprint density at radius 3 is 2.42 bits per heavy atom. The maximum Gasteiger partial charge on any atom is 0.410 e. The van der Waals surface area contributed by atoms with Gasteiger partial charge in [-0.15, -0.1) is 11.3 Å². The lowest BCUT2D eigenvalue weighted by molar-refractivity contribution is -0.140. The zero-order valence-electron chi connectivity index (χ0n) is 31.9. The summed E-state index contributed by atoms with van der Waals surface area (Å²) < 4.78 is 12.5. The number of para-hydroxylation sites is 1. The summed E-state index contributed by atoms with van der Waals surface area (Å²) in [7, 11) is 0. The van der Waals surface area contributed by atoms with E-state index in [0.717, 1.165) is 56.1 Å². The first kappa shape index (κ1) is 41.7. The van der Waals surface area contributed by atoms with Crippen LogP contribution in [-0.4, -0.2) is 107 Å². The van der Waals surface area contributed by atoms with Crippen LogP contribution >= 0.6 is 22.9 Å². The van der Waals surface area contributed by atoms with Crippen molar-refractivity contribution >= 4 is 68.9 Å². The van der Waals surface area contributed by atoms with Crippen molar-refractivity contribution < 1.29 is 33.4 Å². The van der Waals surface area contributed by atoms with E-state index in [9.17, 15) is 24.0 Å². The van der Waals surface area contributed by atoms with Gasteiger partial charge in [-0.25, -0.2) is 14.6 Å². The normalized spacial score (nSPS) is 19.7. The van der Waals surface area contributed by atoms with Crippen LogP contribution in [0.3, 0.4) is 0 Å². The minimum absolute atomic E-state index is 0.0263. The number of hydrogen-bond acceptors (Lipinski definition) is 10. The van der Waals surface area contributed by atoms with Gasteiger partial charge in [-0.3, -0.25) is 19.8 Å². The summed E-state index contributed by atoms with van der Waals surface area (Å²) in [4.78, 5) is 77.3. The summed E-state index contributed by atoms with van der Waals surface area (Å²) in [5, 5.41) is 16.6. The van der Waals surface area contributed by atoms with Gasteiger partial charge in [0.15, 0.2) is 11.0 Å². The second kappa shape index (κ2) is 19.9. The number of rotatable bonds is 14. The third kappa shape index (κ3) is 11.6. The Labute approximate surface area is 340 Å². The molecule has 3 aliphatic rings. The summed E-state index contributed by atoms with van der Waals surface area (Å²) in [6, 6.07) is 10.9. The molecule has 2 aliphatic heterocycles. The van der Waals surface area contributed by atoms with Crippen molar-refractivity contribution in [3.63, 3.8) is 0 Å². The molecule has 2 saturated heterocycles. The number of nitrogens with one attached hydrogen (secondary N) is 4. The van der Waals surface area contributed by atoms with Crippen LogP contribution < -0.4 is 21.7 Å². The number of likely N-dealkylation sites (tertiary alicyclic amines) is 2. The molecule has 306 valence electrons. The Morgan fingerprint density at radius 1 is 0.930 bits per heavy atom. The fourth-order valence-electron chi connectivity index (χ4n) is 7.67. The van der Waals surface area contributed by atoms with Crippen molar-refractivity contribution in [2.45, 2.75) is 107 Å². The van der Waals surface area contributed by atoms with Crippen molar-refractivity contribution in [3.8, 4) is 0 Å². The molecule has 1 aromatic heterocycles. The number of halogens is 1. The number of carbonyl (C=O) groups excluding carboxylic acids is 5. The first-order valence-electron chi connectivity index (χ1n) is 19.8. The molecule has 1 aliphatic carbocycles. The van der Waals surface area contributed by atoms with E-state index in [-0.39, 0.29) is 49.4 Å². The van der Waals surface area contributed by atoms with E-state index in [0.29, 0.717) is 35.6 Å². The molecule has 4 atom stereocenters. The lowest BCUT2D eigenvalue weighted by atomic mass is 9.98. The van der Waals surface area contributed by atoms with Crippen LogP contribution in [0.2, 0.25) is 5.02 Å². The zero-order chi connectivity index (χ0) is 40.3. The van der Waals surface area contributed by atoms with Crippen LogP contribution in [0.4, 0.5) is 9.59 Å². The molecular formula is C40H51ClN8O7S. The van der Waals surface area contributed by atoms with Crippen LogP contribution in [0.25, 0.3) is 10.2 Å². The van der Waals surface area contributed by atoms with Gasteiger partial charge in [0.1, 0.15) is 24.3 Å². The molecule has 0 unspecified atom stereocenters. The Hall–Kier alpha value is -4.96. The highest BCUT2D eigenvalue weighted by atomic mass is 35.5. The van der Waals surface area contributed by atoms with Gasteiger partial charge in [-0.05, 0) is 87.6 Å². The first-order valence-corrected chi connectivity index (χ1v) is 21.0. The summed E-state index contributed by atoms with van der Waals surface area (Å²) >= 11 is 7.52. The summed E-state index contributed by atoms with van der Waals surface area (Å²) in [5.74, 6) is -1.82. The number of amides is 4. The average molecular weight is 823 g/mol. The van der Waals surface area contributed by atoms with E-state index >= 15 is 0 Å². The Bertz CT molecular complexity index is 1880. The van der Waals surface area contributed by atoms with Gasteiger partial charge in [0.05, 0.1) is 22.8 Å². The maximum atomic E-state index is 14.7. The first-order chi connectivity index (χ1) is 27.5. The molecule has 6 N–H and O–H groups in total. The molecule has 3 fully saturated rings. The van der Waals surface area contributed by atoms with Crippen molar-refractivity contribution in [2.24, 2.45) is 5.73 Å². The highest BCUT2D eigenvalue weighted by molar-refractivity contribution is 7.20. The number of ketones is 1. The Morgan fingerprint density at radius 2 is 1.68 bits per heavy atom. The summed E-state index contributed by atoms with van der Waals surface area (Å²) in [6.45, 7) is 1.29. The minimum Gasteiger partial charge on any atom is -0.446 e. The van der Waals surface area contributed by atoms with Crippen LogP contribution in [0.5, 0.6) is 0 Å². The Kier molecular flexibility index (Phi) is 14.6. The zero-order valence-corrected chi connectivity index (χ0v) is 33.5. The SMILES string of the molecule is N=C(N)NCCC[C@H](NC(=O)[C@@H]1C[C@@H](OC(=O)N2CCCCC2)CN1C(=O)[C@@H](Cc1cccc(Cl)c1)NC(=O)OC1CCCCC1)C(=O)c1nc2ccccc2s1. The van der Waals surface area contributed by atoms with Gasteiger partial charge in [-0.1, -0.05) is 42.3 Å². The number of nitrogens with zero attached hydrogens (tertiary/aromatic N) is 3. The number of piperidine rings is 1. The number of alkyl carbamates (subject to hydrolysis) is 1. The number of fused-ring (bicyclic) bond motifs is 1. The number of hydrogen-bond donors (Lipinski definition) is 5. The fraction of sp³-hybridized carbons (Fsp3) is 0.525. The molecule has 1 saturated carbocycles. The number of thiazole rings is 1. The van der Waals surface area contributed by atoms with Crippen molar-refractivity contribution in [3.05, 3.63) is 64.1 Å². The third-order valence-electron chi connectivity index (χ3n) is 10.6. The van der Waals surface area contributed by atoms with Crippen molar-refractivity contribution in [1.29, 1.82) is 5.41 Å². The highest BCUT2D eigenvalue weighted by Crippen LogP contribution is 2.27. The van der Waals surface area contributed by atoms with Crippen LogP contribution in [0.1, 0.15) is 86.0 Å². The van der Waals surface area contributed by atoms with Crippen LogP contribution in [-0.2, 0) is 25.5 Å². The average Bonchev–Trinajstić information content (AvgIpc) is 3.84. The molecule has 0 spiro atoms. The molecule has 0 bridgehead atoms. The van der Waals surface area contributed by atoms with Crippen molar-refractivity contribution in [1.82, 2.24) is 30.7 Å². The van der Waals surface area contributed by atoms with Crippen LogP contribution in [0, 0.1) is 5.41 Å². The predicted octanol–water partition coefficient (Wildman–Crippen LogP) is 5.14. The third-order valence-corrected chi connectivity index (χ3v) is 11.9. The lowest BCUT2D eigenvalue weighted by Gasteiger charge is -2.30. The standard InChI is InChI=1S/C40H51ClN8O7S/c41-26-12-9-11-25(21-26)22-31(47-39(53)55-27-13-3-1-4-14-27)37(52)49-24-28(56-40(54)48-19-7-2-8-20-48)23-32(49)35(51)45-30(16-10-18-44-38(42)43)34(50)36-46-29-15-5-6-17-33(29)57-36/h5-6,9,11-12,15,17,21,27-28,30-32H,1-4,7-8,10,13-14,16,18-20,22-24H2,(H,45,51)(H,47,53)(H4,42,43,44)/t28-,30+,31-,32+/m1/s1. The van der Waals surface area contributed by atoms with E-state index in [4.69, 9.17) is 32.2 Å². The van der Waals surface area contributed by atoms with Gasteiger partial charge >= 0.3 is 12.2 Å². The number of ether oxygens (including phenoxy) is 2. The smallest absolute Gasteiger partial charge is 0.410 e. The number of aromatic nitrogens is 1. The summed E-state index contributed by atoms with van der Waals surface area (Å²) in [6.07, 6.45) is 5.39. The largest absolute Gasteiger partial charge is 0.446 e. The van der Waals surface area contributed by atoms with Gasteiger partial charge in [0, 0.05) is 37.5 Å². The van der Waals surface area contributed by atoms with Gasteiger partial charge < -0.3 is 41.0 Å². The Balaban J connectivity index is 1.26. The summed E-state index contributed by atoms with van der Waals surface area (Å²) in [5.41, 5.74) is 6.80. The van der Waals surface area contributed by atoms with Crippen LogP contribution in [0.15, 0.2) is 48.5 Å². The molecule has 17 heteroatoms. The fourth-order valence-corrected chi connectivity index (χ4v) is 8.84. The van der Waals surface area contributed by atoms with E-state index in [1.165, 1.54) is 16.2 Å². The maximum absolute atomic E-state index is 14.7. The second-order valence-corrected chi connectivity index (χ2v) is 16.4. The number of carbonyl (C=O) groups is 5. The molecule has 2 aromatic carbocycles. The molecule has 6 rings (SSSR count). The minimum atomic E-state index is -1.16. The van der Waals surface area contributed by atoms with E-state index in [1.54, 1.807) is 35.2 Å². The lowest BCUT2D eigenvalue weighted by Crippen LogP contribution is -2.56. The molecular weight excluding hydrogens is 772 g/mol.